The van der Waals surface area contributed by atoms with E-state index in [0.29, 0.717) is 17.0 Å². The molecule has 1 aliphatic rings. The van der Waals surface area contributed by atoms with Gasteiger partial charge in [-0.1, -0.05) is 67.6 Å². The molecule has 11 heteroatoms. The average molecular weight is 635 g/mol. The number of rotatable bonds is 11. The van der Waals surface area contributed by atoms with E-state index in [-0.39, 0.29) is 34.1 Å². The highest BCUT2D eigenvalue weighted by Crippen LogP contribution is 2.28. The molecule has 0 saturated heterocycles. The molecule has 4 rings (SSSR count). The van der Waals surface area contributed by atoms with Crippen molar-refractivity contribution in [2.24, 2.45) is 0 Å². The molecule has 3 aromatic carbocycles. The second-order valence-electron chi connectivity index (χ2n) is 10.4. The maximum absolute atomic E-state index is 14.1. The van der Waals surface area contributed by atoms with Gasteiger partial charge in [-0.3, -0.25) is 13.9 Å². The molecule has 0 aliphatic heterocycles. The van der Waals surface area contributed by atoms with E-state index in [9.17, 15) is 22.4 Å². The fourth-order valence-corrected chi connectivity index (χ4v) is 6.86. The van der Waals surface area contributed by atoms with Gasteiger partial charge >= 0.3 is 0 Å². The molecule has 0 bridgehead atoms. The third-order valence-electron chi connectivity index (χ3n) is 7.38. The van der Waals surface area contributed by atoms with Gasteiger partial charge in [0.15, 0.2) is 0 Å². The molecule has 2 amide bonds. The van der Waals surface area contributed by atoms with Crippen molar-refractivity contribution < 1.29 is 22.4 Å². The van der Waals surface area contributed by atoms with Crippen LogP contribution in [-0.4, -0.2) is 43.8 Å². The number of sulfonamides is 1. The topological polar surface area (TPSA) is 86.8 Å². The number of halogens is 3. The lowest BCUT2D eigenvalue weighted by molar-refractivity contribution is -0.140. The van der Waals surface area contributed by atoms with Crippen LogP contribution >= 0.6 is 23.2 Å². The van der Waals surface area contributed by atoms with Gasteiger partial charge in [0.2, 0.25) is 11.8 Å². The Balaban J connectivity index is 1.70. The van der Waals surface area contributed by atoms with Crippen molar-refractivity contribution in [2.75, 3.05) is 10.8 Å². The number of hydrogen-bond donors (Lipinski definition) is 1. The second-order valence-corrected chi connectivity index (χ2v) is 13.1. The largest absolute Gasteiger partial charge is 0.352 e. The van der Waals surface area contributed by atoms with Gasteiger partial charge in [0.25, 0.3) is 10.0 Å². The normalized spacial score (nSPS) is 14.7. The van der Waals surface area contributed by atoms with Crippen LogP contribution in [0.25, 0.3) is 0 Å². The van der Waals surface area contributed by atoms with E-state index in [1.165, 1.54) is 47.4 Å². The monoisotopic (exact) mass is 633 g/mol. The fraction of sp³-hybridized carbons (Fsp3) is 0.355. The molecule has 1 fully saturated rings. The number of nitrogens with one attached hydrogen (secondary N) is 1. The number of amides is 2. The Hall–Kier alpha value is -3.14. The highest BCUT2D eigenvalue weighted by atomic mass is 35.5. The first-order valence-corrected chi connectivity index (χ1v) is 16.2. The minimum absolute atomic E-state index is 0.0138. The molecule has 0 radical (unpaired) electrons. The molecule has 0 aromatic heterocycles. The number of carbonyl (C=O) groups is 2. The van der Waals surface area contributed by atoms with Crippen molar-refractivity contribution in [3.8, 4) is 0 Å². The molecule has 1 aliphatic carbocycles. The first kappa shape index (κ1) is 31.8. The van der Waals surface area contributed by atoms with Crippen LogP contribution in [0, 0.1) is 5.82 Å². The summed E-state index contributed by atoms with van der Waals surface area (Å²) in [6.07, 6.45) is 5.22. The zero-order chi connectivity index (χ0) is 30.3. The summed E-state index contributed by atoms with van der Waals surface area (Å²) in [5.74, 6) is -1.32. The quantitative estimate of drug-likeness (QED) is 0.258. The molecule has 0 heterocycles. The van der Waals surface area contributed by atoms with Crippen molar-refractivity contribution in [2.45, 2.75) is 69.0 Å². The predicted molar refractivity (Wildman–Crippen MR) is 163 cm³/mol. The molecular weight excluding hydrogens is 600 g/mol. The van der Waals surface area contributed by atoms with Gasteiger partial charge in [-0.15, -0.1) is 0 Å². The lowest BCUT2D eigenvalue weighted by Crippen LogP contribution is -2.54. The summed E-state index contributed by atoms with van der Waals surface area (Å²) in [6, 6.07) is 16.6. The molecule has 1 atom stereocenters. The van der Waals surface area contributed by atoms with Crippen LogP contribution in [0.15, 0.2) is 77.7 Å². The third kappa shape index (κ3) is 8.02. The molecular formula is C31H34Cl2FN3O4S. The van der Waals surface area contributed by atoms with Crippen molar-refractivity contribution in [1.29, 1.82) is 0 Å². The van der Waals surface area contributed by atoms with Gasteiger partial charge in [0.05, 0.1) is 10.6 Å². The highest BCUT2D eigenvalue weighted by molar-refractivity contribution is 7.92. The summed E-state index contributed by atoms with van der Waals surface area (Å²) in [5, 5.41) is 3.75. The van der Waals surface area contributed by atoms with Crippen molar-refractivity contribution in [3.63, 3.8) is 0 Å². The first-order valence-electron chi connectivity index (χ1n) is 14.0. The van der Waals surface area contributed by atoms with E-state index in [0.717, 1.165) is 36.4 Å². The zero-order valence-electron chi connectivity index (χ0n) is 23.3. The van der Waals surface area contributed by atoms with E-state index in [4.69, 9.17) is 23.2 Å². The van der Waals surface area contributed by atoms with Crippen LogP contribution in [0.1, 0.15) is 51.0 Å². The molecule has 3 aromatic rings. The highest BCUT2D eigenvalue weighted by Gasteiger charge is 2.34. The summed E-state index contributed by atoms with van der Waals surface area (Å²) in [4.78, 5) is 29.0. The third-order valence-corrected chi connectivity index (χ3v) is 9.66. The zero-order valence-corrected chi connectivity index (χ0v) is 25.6. The van der Waals surface area contributed by atoms with Crippen LogP contribution in [0.4, 0.5) is 10.1 Å². The fourth-order valence-electron chi connectivity index (χ4n) is 5.14. The molecule has 224 valence electrons. The van der Waals surface area contributed by atoms with E-state index >= 15 is 0 Å². The van der Waals surface area contributed by atoms with Gasteiger partial charge in [-0.2, -0.15) is 0 Å². The number of nitrogens with zero attached hydrogens (tertiary/aromatic N) is 2. The number of benzene rings is 3. The Bertz CT molecular complexity index is 1480. The van der Waals surface area contributed by atoms with Crippen molar-refractivity contribution >= 4 is 50.7 Å². The standard InChI is InChI=1S/C31H34Cl2FN3O4S/c1-2-29(31(39)35-26-8-4-3-5-9-26)36(20-22-11-15-25(34)16-12-22)30(38)21-37(27-10-6-7-24(33)19-27)42(40,41)28-17-13-23(32)14-18-28/h6-7,10-19,26,29H,2-5,8-9,20-21H2,1H3,(H,35,39)/t29-/m1/s1. The SMILES string of the molecule is CC[C@H](C(=O)NC1CCCCC1)N(Cc1ccc(F)cc1)C(=O)CN(c1cccc(Cl)c1)S(=O)(=O)c1ccc(Cl)cc1. The van der Waals surface area contributed by atoms with Crippen LogP contribution < -0.4 is 9.62 Å². The lowest BCUT2D eigenvalue weighted by atomic mass is 9.95. The first-order chi connectivity index (χ1) is 20.1. The predicted octanol–water partition coefficient (Wildman–Crippen LogP) is 6.58. The maximum Gasteiger partial charge on any atom is 0.264 e. The molecule has 1 saturated carbocycles. The summed E-state index contributed by atoms with van der Waals surface area (Å²) in [5.41, 5.74) is 0.788. The molecule has 1 N–H and O–H groups in total. The Kier molecular flexibility index (Phi) is 10.9. The Labute approximate surface area is 256 Å². The maximum atomic E-state index is 14.1. The summed E-state index contributed by atoms with van der Waals surface area (Å²) in [7, 11) is -4.25. The molecule has 0 spiro atoms. The summed E-state index contributed by atoms with van der Waals surface area (Å²) < 4.78 is 42.4. The van der Waals surface area contributed by atoms with Crippen LogP contribution in [-0.2, 0) is 26.2 Å². The Morgan fingerprint density at radius 2 is 1.62 bits per heavy atom. The Morgan fingerprint density at radius 1 is 0.952 bits per heavy atom. The van der Waals surface area contributed by atoms with Crippen molar-refractivity contribution in [3.05, 3.63) is 94.2 Å². The van der Waals surface area contributed by atoms with E-state index in [1.54, 1.807) is 37.3 Å². The molecule has 0 unspecified atom stereocenters. The van der Waals surface area contributed by atoms with Gasteiger partial charge in [0, 0.05) is 22.6 Å². The summed E-state index contributed by atoms with van der Waals surface area (Å²) >= 11 is 12.2. The average Bonchev–Trinajstić information content (AvgIpc) is 2.97. The van der Waals surface area contributed by atoms with Gasteiger partial charge in [-0.05, 0) is 79.4 Å². The minimum atomic E-state index is -4.25. The smallest absolute Gasteiger partial charge is 0.264 e. The van der Waals surface area contributed by atoms with Gasteiger partial charge < -0.3 is 10.2 Å². The van der Waals surface area contributed by atoms with Crippen LogP contribution in [0.3, 0.4) is 0 Å². The second kappa shape index (κ2) is 14.4. The molecule has 7 nitrogen and oxygen atoms in total. The number of anilines is 1. The van der Waals surface area contributed by atoms with E-state index in [2.05, 4.69) is 5.32 Å². The van der Waals surface area contributed by atoms with E-state index in [1.807, 2.05) is 0 Å². The Morgan fingerprint density at radius 3 is 2.24 bits per heavy atom. The summed E-state index contributed by atoms with van der Waals surface area (Å²) in [6.45, 7) is 1.19. The van der Waals surface area contributed by atoms with Crippen molar-refractivity contribution in [1.82, 2.24) is 10.2 Å². The number of carbonyl (C=O) groups excluding carboxylic acids is 2. The van der Waals surface area contributed by atoms with Crippen LogP contribution in [0.5, 0.6) is 0 Å². The molecule has 42 heavy (non-hydrogen) atoms. The van der Waals surface area contributed by atoms with Crippen LogP contribution in [0.2, 0.25) is 10.0 Å². The van der Waals surface area contributed by atoms with E-state index < -0.39 is 34.3 Å². The number of hydrogen-bond acceptors (Lipinski definition) is 4. The van der Waals surface area contributed by atoms with Gasteiger partial charge in [-0.25, -0.2) is 12.8 Å². The lowest BCUT2D eigenvalue weighted by Gasteiger charge is -2.34. The van der Waals surface area contributed by atoms with Gasteiger partial charge in [0.1, 0.15) is 18.4 Å². The minimum Gasteiger partial charge on any atom is -0.352 e.